The SMILES string of the molecule is C=C(CC)c1nc(-c2ccn(C)n2)no1. The van der Waals surface area contributed by atoms with Gasteiger partial charge in [-0.3, -0.25) is 4.68 Å². The van der Waals surface area contributed by atoms with Crippen molar-refractivity contribution >= 4 is 5.57 Å². The predicted molar refractivity (Wildman–Crippen MR) is 55.8 cm³/mol. The van der Waals surface area contributed by atoms with Crippen LogP contribution in [0.2, 0.25) is 0 Å². The van der Waals surface area contributed by atoms with Gasteiger partial charge in [0.05, 0.1) is 0 Å². The van der Waals surface area contributed by atoms with Crippen molar-refractivity contribution in [3.05, 3.63) is 24.7 Å². The molecule has 2 rings (SSSR count). The number of aryl methyl sites for hydroxylation is 1. The molecule has 0 bridgehead atoms. The number of nitrogens with zero attached hydrogens (tertiary/aromatic N) is 4. The van der Waals surface area contributed by atoms with E-state index in [0.29, 0.717) is 17.4 Å². The fraction of sp³-hybridized carbons (Fsp3) is 0.300. The summed E-state index contributed by atoms with van der Waals surface area (Å²) in [6.07, 6.45) is 2.63. The van der Waals surface area contributed by atoms with Crippen LogP contribution in [0.25, 0.3) is 17.1 Å². The Kier molecular flexibility index (Phi) is 2.37. The number of hydrogen-bond acceptors (Lipinski definition) is 4. The highest BCUT2D eigenvalue weighted by Crippen LogP contribution is 2.18. The van der Waals surface area contributed by atoms with Gasteiger partial charge >= 0.3 is 0 Å². The summed E-state index contributed by atoms with van der Waals surface area (Å²) >= 11 is 0. The number of aromatic nitrogens is 4. The van der Waals surface area contributed by atoms with E-state index in [1.165, 1.54) is 0 Å². The van der Waals surface area contributed by atoms with Gasteiger partial charge in [0, 0.05) is 18.8 Å². The molecule has 78 valence electrons. The zero-order valence-electron chi connectivity index (χ0n) is 8.77. The smallest absolute Gasteiger partial charge is 0.253 e. The van der Waals surface area contributed by atoms with Crippen LogP contribution in [0.5, 0.6) is 0 Å². The summed E-state index contributed by atoms with van der Waals surface area (Å²) in [7, 11) is 1.84. The molecule has 0 radical (unpaired) electrons. The van der Waals surface area contributed by atoms with Crippen molar-refractivity contribution in [2.45, 2.75) is 13.3 Å². The molecule has 0 aliphatic heterocycles. The molecule has 2 heterocycles. The van der Waals surface area contributed by atoms with Crippen molar-refractivity contribution in [2.24, 2.45) is 7.05 Å². The highest BCUT2D eigenvalue weighted by molar-refractivity contribution is 5.57. The zero-order valence-corrected chi connectivity index (χ0v) is 8.77. The molecule has 15 heavy (non-hydrogen) atoms. The van der Waals surface area contributed by atoms with Crippen LogP contribution >= 0.6 is 0 Å². The lowest BCUT2D eigenvalue weighted by Gasteiger charge is -1.90. The third-order valence-electron chi connectivity index (χ3n) is 2.10. The Balaban J connectivity index is 2.31. The van der Waals surface area contributed by atoms with E-state index in [1.807, 2.05) is 26.2 Å². The minimum atomic E-state index is 0.484. The molecule has 2 aromatic heterocycles. The zero-order chi connectivity index (χ0) is 10.8. The quantitative estimate of drug-likeness (QED) is 0.766. The average molecular weight is 204 g/mol. The van der Waals surface area contributed by atoms with Gasteiger partial charge in [0.2, 0.25) is 5.82 Å². The molecule has 0 aliphatic rings. The van der Waals surface area contributed by atoms with E-state index in [0.717, 1.165) is 12.0 Å². The van der Waals surface area contributed by atoms with Crippen LogP contribution in [0.4, 0.5) is 0 Å². The molecular weight excluding hydrogens is 192 g/mol. The molecule has 0 fully saturated rings. The topological polar surface area (TPSA) is 56.7 Å². The third kappa shape index (κ3) is 1.81. The highest BCUT2D eigenvalue weighted by Gasteiger charge is 2.11. The maximum atomic E-state index is 5.07. The molecule has 0 saturated carbocycles. The molecule has 0 atom stereocenters. The first-order chi connectivity index (χ1) is 7.20. The summed E-state index contributed by atoms with van der Waals surface area (Å²) in [4.78, 5) is 4.21. The van der Waals surface area contributed by atoms with Gasteiger partial charge in [-0.2, -0.15) is 10.1 Å². The Hall–Kier alpha value is -1.91. The van der Waals surface area contributed by atoms with E-state index < -0.39 is 0 Å². The van der Waals surface area contributed by atoms with Gasteiger partial charge < -0.3 is 4.52 Å². The maximum absolute atomic E-state index is 5.07. The summed E-state index contributed by atoms with van der Waals surface area (Å²) in [5.41, 5.74) is 1.54. The van der Waals surface area contributed by atoms with E-state index in [4.69, 9.17) is 4.52 Å². The average Bonchev–Trinajstić information content (AvgIpc) is 2.84. The predicted octanol–water partition coefficient (Wildman–Crippen LogP) is 1.89. The van der Waals surface area contributed by atoms with Crippen molar-refractivity contribution in [2.75, 3.05) is 0 Å². The Morgan fingerprint density at radius 2 is 2.40 bits per heavy atom. The molecule has 2 aromatic rings. The number of hydrogen-bond donors (Lipinski definition) is 0. The Morgan fingerprint density at radius 3 is 3.00 bits per heavy atom. The van der Waals surface area contributed by atoms with Gasteiger partial charge in [-0.1, -0.05) is 18.7 Å². The summed E-state index contributed by atoms with van der Waals surface area (Å²) in [6.45, 7) is 5.83. The van der Waals surface area contributed by atoms with Crippen LogP contribution in [0.3, 0.4) is 0 Å². The second-order valence-corrected chi connectivity index (χ2v) is 3.25. The summed E-state index contributed by atoms with van der Waals surface area (Å²) in [5, 5.41) is 8.03. The third-order valence-corrected chi connectivity index (χ3v) is 2.10. The largest absolute Gasteiger partial charge is 0.334 e. The lowest BCUT2D eigenvalue weighted by molar-refractivity contribution is 0.407. The normalized spacial score (nSPS) is 10.5. The van der Waals surface area contributed by atoms with Gasteiger partial charge in [0.1, 0.15) is 5.69 Å². The summed E-state index contributed by atoms with van der Waals surface area (Å²) < 4.78 is 6.77. The second kappa shape index (κ2) is 3.68. The van der Waals surface area contributed by atoms with Crippen molar-refractivity contribution in [1.82, 2.24) is 19.9 Å². The van der Waals surface area contributed by atoms with Crippen LogP contribution in [0.1, 0.15) is 19.2 Å². The molecule has 5 heteroatoms. The first-order valence-electron chi connectivity index (χ1n) is 4.72. The van der Waals surface area contributed by atoms with Crippen molar-refractivity contribution < 1.29 is 4.52 Å². The number of allylic oxidation sites excluding steroid dienone is 1. The van der Waals surface area contributed by atoms with Crippen LogP contribution in [-0.4, -0.2) is 19.9 Å². The van der Waals surface area contributed by atoms with Crippen LogP contribution in [-0.2, 0) is 7.05 Å². The Morgan fingerprint density at radius 1 is 1.60 bits per heavy atom. The summed E-state index contributed by atoms with van der Waals surface area (Å²) in [6, 6.07) is 1.84. The molecular formula is C10H12N4O. The number of rotatable bonds is 3. The molecule has 5 nitrogen and oxygen atoms in total. The minimum Gasteiger partial charge on any atom is -0.334 e. The fourth-order valence-electron chi connectivity index (χ4n) is 1.16. The molecule has 0 amide bonds. The van der Waals surface area contributed by atoms with Crippen molar-refractivity contribution in [3.8, 4) is 11.5 Å². The van der Waals surface area contributed by atoms with E-state index in [9.17, 15) is 0 Å². The Bertz CT molecular complexity index is 483. The first-order valence-corrected chi connectivity index (χ1v) is 4.72. The first kappa shape index (κ1) is 9.64. The van der Waals surface area contributed by atoms with Crippen molar-refractivity contribution in [1.29, 1.82) is 0 Å². The maximum Gasteiger partial charge on any atom is 0.253 e. The summed E-state index contributed by atoms with van der Waals surface area (Å²) in [5.74, 6) is 0.985. The van der Waals surface area contributed by atoms with E-state index in [2.05, 4.69) is 21.8 Å². The van der Waals surface area contributed by atoms with Crippen LogP contribution in [0, 0.1) is 0 Å². The molecule has 0 spiro atoms. The fourth-order valence-corrected chi connectivity index (χ4v) is 1.16. The molecule has 0 aromatic carbocycles. The Labute approximate surface area is 87.4 Å². The van der Waals surface area contributed by atoms with E-state index in [1.54, 1.807) is 4.68 Å². The van der Waals surface area contributed by atoms with Gasteiger partial charge in [0.15, 0.2) is 0 Å². The molecule has 0 unspecified atom stereocenters. The molecule has 0 aliphatic carbocycles. The minimum absolute atomic E-state index is 0.484. The van der Waals surface area contributed by atoms with Crippen LogP contribution in [0.15, 0.2) is 23.4 Å². The van der Waals surface area contributed by atoms with Crippen LogP contribution < -0.4 is 0 Å². The molecule has 0 N–H and O–H groups in total. The lowest BCUT2D eigenvalue weighted by Crippen LogP contribution is -1.89. The van der Waals surface area contributed by atoms with Gasteiger partial charge in [0.25, 0.3) is 5.89 Å². The van der Waals surface area contributed by atoms with Crippen molar-refractivity contribution in [3.63, 3.8) is 0 Å². The van der Waals surface area contributed by atoms with Gasteiger partial charge in [-0.15, -0.1) is 0 Å². The highest BCUT2D eigenvalue weighted by atomic mass is 16.5. The van der Waals surface area contributed by atoms with Gasteiger partial charge in [-0.25, -0.2) is 0 Å². The lowest BCUT2D eigenvalue weighted by atomic mass is 10.2. The van der Waals surface area contributed by atoms with E-state index >= 15 is 0 Å². The second-order valence-electron chi connectivity index (χ2n) is 3.25. The standard InChI is InChI=1S/C10H12N4O/c1-4-7(2)10-11-9(13-15-10)8-5-6-14(3)12-8/h5-6H,2,4H2,1,3H3. The van der Waals surface area contributed by atoms with E-state index in [-0.39, 0.29) is 0 Å². The van der Waals surface area contributed by atoms with Gasteiger partial charge in [-0.05, 0) is 12.5 Å². The molecule has 0 saturated heterocycles. The monoisotopic (exact) mass is 204 g/mol.